The SMILES string of the molecule is O=C(CN1C(=O)c2ccc(NS(=O)(=O)CCc3cnccn3)cc2C1=O)O[C@@H](Cc1c(Cl)c[n+]([O-])cc1Cl)c1ccc(OC(F)F)c(OCC2CC2)c1. The molecular formula is C34H29Cl2F2N5O9S. The summed E-state index contributed by atoms with van der Waals surface area (Å²) in [6.45, 7) is -3.76. The Morgan fingerprint density at radius 1 is 1.04 bits per heavy atom. The number of esters is 1. The topological polar surface area (TPSA) is 181 Å². The van der Waals surface area contributed by atoms with Crippen molar-refractivity contribution in [2.45, 2.75) is 38.4 Å². The number of imide groups is 1. The molecule has 0 bridgehead atoms. The van der Waals surface area contributed by atoms with E-state index in [2.05, 4.69) is 19.4 Å². The molecular weight excluding hydrogens is 763 g/mol. The van der Waals surface area contributed by atoms with Gasteiger partial charge in [-0.2, -0.15) is 13.5 Å². The predicted molar refractivity (Wildman–Crippen MR) is 184 cm³/mol. The molecule has 6 rings (SSSR count). The van der Waals surface area contributed by atoms with Crippen LogP contribution in [0.1, 0.15) is 56.5 Å². The minimum atomic E-state index is -3.90. The number of carbonyl (C=O) groups is 3. The highest BCUT2D eigenvalue weighted by atomic mass is 35.5. The summed E-state index contributed by atoms with van der Waals surface area (Å²) in [5.74, 6) is -3.13. The Bertz CT molecular complexity index is 2140. The van der Waals surface area contributed by atoms with Gasteiger partial charge < -0.3 is 19.4 Å². The number of amides is 2. The molecule has 1 aliphatic heterocycles. The van der Waals surface area contributed by atoms with Gasteiger partial charge in [0.05, 0.1) is 29.2 Å². The van der Waals surface area contributed by atoms with E-state index in [9.17, 15) is 36.8 Å². The lowest BCUT2D eigenvalue weighted by atomic mass is 10.0. The zero-order valence-corrected chi connectivity index (χ0v) is 29.7. The minimum absolute atomic E-state index is 0.0172. The average Bonchev–Trinajstić information content (AvgIpc) is 3.91. The van der Waals surface area contributed by atoms with Gasteiger partial charge in [-0.05, 0) is 54.7 Å². The fourth-order valence-electron chi connectivity index (χ4n) is 5.41. The number of ether oxygens (including phenoxy) is 3. The van der Waals surface area contributed by atoms with Gasteiger partial charge in [-0.15, -0.1) is 0 Å². The van der Waals surface area contributed by atoms with Gasteiger partial charge in [-0.1, -0.05) is 29.3 Å². The van der Waals surface area contributed by atoms with Gasteiger partial charge in [0.2, 0.25) is 10.0 Å². The van der Waals surface area contributed by atoms with Crippen LogP contribution in [0.2, 0.25) is 10.0 Å². The van der Waals surface area contributed by atoms with Crippen molar-refractivity contribution < 1.29 is 50.5 Å². The molecule has 2 aromatic heterocycles. The number of pyridine rings is 1. The maximum absolute atomic E-state index is 13.5. The number of hydrogen-bond acceptors (Lipinski definition) is 11. The molecule has 0 saturated heterocycles. The van der Waals surface area contributed by atoms with Gasteiger partial charge in [0.1, 0.15) is 22.7 Å². The fourth-order valence-corrected chi connectivity index (χ4v) is 7.08. The van der Waals surface area contributed by atoms with Gasteiger partial charge in [-0.25, -0.2) is 8.42 Å². The number of rotatable bonds is 16. The zero-order valence-electron chi connectivity index (χ0n) is 27.4. The molecule has 3 heterocycles. The van der Waals surface area contributed by atoms with Crippen LogP contribution in [0, 0.1) is 11.1 Å². The Hall–Kier alpha value is -5.13. The first kappa shape index (κ1) is 37.6. The zero-order chi connectivity index (χ0) is 37.9. The smallest absolute Gasteiger partial charge is 0.387 e. The number of carbonyl (C=O) groups excluding carboxylic acids is 3. The number of sulfonamides is 1. The minimum Gasteiger partial charge on any atom is -0.619 e. The van der Waals surface area contributed by atoms with Crippen molar-refractivity contribution >= 4 is 56.7 Å². The first-order chi connectivity index (χ1) is 25.3. The summed E-state index contributed by atoms with van der Waals surface area (Å²) >= 11 is 12.6. The molecule has 14 nitrogen and oxygen atoms in total. The summed E-state index contributed by atoms with van der Waals surface area (Å²) in [7, 11) is -3.90. The maximum Gasteiger partial charge on any atom is 0.387 e. The van der Waals surface area contributed by atoms with Crippen LogP contribution < -0.4 is 18.9 Å². The second-order valence-corrected chi connectivity index (χ2v) is 14.8. The van der Waals surface area contributed by atoms with Crippen molar-refractivity contribution in [2.24, 2.45) is 5.92 Å². The quantitative estimate of drug-likeness (QED) is 0.0705. The first-order valence-electron chi connectivity index (χ1n) is 16.0. The van der Waals surface area contributed by atoms with E-state index in [1.54, 1.807) is 0 Å². The van der Waals surface area contributed by atoms with Crippen LogP contribution in [0.5, 0.6) is 11.5 Å². The number of hydrogen-bond donors (Lipinski definition) is 1. The number of nitrogens with zero attached hydrogens (tertiary/aromatic N) is 4. The van der Waals surface area contributed by atoms with Crippen LogP contribution in [0.25, 0.3) is 0 Å². The summed E-state index contributed by atoms with van der Waals surface area (Å²) in [6.07, 6.45) is 6.84. The molecule has 53 heavy (non-hydrogen) atoms. The summed E-state index contributed by atoms with van der Waals surface area (Å²) < 4.78 is 70.8. The van der Waals surface area contributed by atoms with E-state index in [4.69, 9.17) is 32.7 Å². The molecule has 1 fully saturated rings. The Morgan fingerprint density at radius 2 is 1.77 bits per heavy atom. The van der Waals surface area contributed by atoms with Gasteiger partial charge in [0, 0.05) is 42.7 Å². The number of anilines is 1. The van der Waals surface area contributed by atoms with Crippen LogP contribution in [0.15, 0.2) is 67.4 Å². The first-order valence-corrected chi connectivity index (χ1v) is 18.4. The van der Waals surface area contributed by atoms with E-state index in [0.29, 0.717) is 15.3 Å². The van der Waals surface area contributed by atoms with Crippen molar-refractivity contribution in [2.75, 3.05) is 23.6 Å². The normalized spacial score (nSPS) is 14.6. The molecule has 0 unspecified atom stereocenters. The second-order valence-electron chi connectivity index (χ2n) is 12.1. The molecule has 1 saturated carbocycles. The average molecular weight is 793 g/mol. The van der Waals surface area contributed by atoms with Crippen LogP contribution >= 0.6 is 23.2 Å². The van der Waals surface area contributed by atoms with Crippen LogP contribution in [0.4, 0.5) is 14.5 Å². The monoisotopic (exact) mass is 791 g/mol. The Morgan fingerprint density at radius 3 is 2.45 bits per heavy atom. The number of fused-ring (bicyclic) bond motifs is 1. The highest BCUT2D eigenvalue weighted by Gasteiger charge is 2.38. The summed E-state index contributed by atoms with van der Waals surface area (Å²) in [5, 5.41) is 11.8. The molecule has 0 radical (unpaired) electrons. The van der Waals surface area contributed by atoms with E-state index in [1.165, 1.54) is 55.0 Å². The van der Waals surface area contributed by atoms with Crippen LogP contribution in [0.3, 0.4) is 0 Å². The van der Waals surface area contributed by atoms with E-state index in [1.807, 2.05) is 0 Å². The summed E-state index contributed by atoms with van der Waals surface area (Å²) in [4.78, 5) is 48.7. The number of halogens is 4. The van der Waals surface area contributed by atoms with E-state index in [-0.39, 0.29) is 80.6 Å². The highest BCUT2D eigenvalue weighted by molar-refractivity contribution is 7.92. The number of nitrogens with one attached hydrogen (secondary N) is 1. The van der Waals surface area contributed by atoms with Crippen molar-refractivity contribution in [1.29, 1.82) is 0 Å². The lowest BCUT2D eigenvalue weighted by molar-refractivity contribution is -0.605. The number of aryl methyl sites for hydroxylation is 1. The standard InChI is InChI=1S/C34H29Cl2F2N5O9S/c35-26-15-42(47)16-27(36)25(26)13-29(20-3-6-28(52-34(37)38)30(11-20)50-18-19-1-2-19)51-31(44)17-43-32(45)23-5-4-21(12-24(23)33(43)46)41-53(48,49)10-7-22-14-39-8-9-40-22/h3-6,8-9,11-12,14-16,19,29,34,41H,1-2,7,10,13,17-18H2/t29-/m0/s1. The maximum atomic E-state index is 13.5. The fraction of sp³-hybridized carbons (Fsp3) is 0.294. The van der Waals surface area contributed by atoms with Gasteiger partial charge in [0.15, 0.2) is 23.9 Å². The van der Waals surface area contributed by atoms with Gasteiger partial charge in [-0.3, -0.25) is 34.0 Å². The number of benzene rings is 2. The predicted octanol–water partition coefficient (Wildman–Crippen LogP) is 4.91. The van der Waals surface area contributed by atoms with E-state index in [0.717, 1.165) is 25.2 Å². The van der Waals surface area contributed by atoms with E-state index >= 15 is 0 Å². The third-order valence-corrected chi connectivity index (χ3v) is 10.2. The largest absolute Gasteiger partial charge is 0.619 e. The van der Waals surface area contributed by atoms with Crippen molar-refractivity contribution in [1.82, 2.24) is 14.9 Å². The molecule has 278 valence electrons. The second kappa shape index (κ2) is 15.9. The molecule has 4 aromatic rings. The van der Waals surface area contributed by atoms with Gasteiger partial charge >= 0.3 is 12.6 Å². The summed E-state index contributed by atoms with van der Waals surface area (Å²) in [6, 6.07) is 7.70. The molecule has 19 heteroatoms. The van der Waals surface area contributed by atoms with Crippen molar-refractivity contribution in [3.8, 4) is 11.5 Å². The third kappa shape index (κ3) is 9.46. The van der Waals surface area contributed by atoms with Crippen LogP contribution in [-0.2, 0) is 32.4 Å². The lowest BCUT2D eigenvalue weighted by Crippen LogP contribution is -2.36. The van der Waals surface area contributed by atoms with Crippen molar-refractivity contribution in [3.05, 3.63) is 111 Å². The Kier molecular flexibility index (Phi) is 11.3. The van der Waals surface area contributed by atoms with Crippen molar-refractivity contribution in [3.63, 3.8) is 0 Å². The molecule has 1 aliphatic carbocycles. The van der Waals surface area contributed by atoms with Crippen LogP contribution in [-0.4, -0.2) is 66.6 Å². The Balaban J connectivity index is 1.20. The molecule has 1 atom stereocenters. The molecule has 2 amide bonds. The number of alkyl halides is 2. The number of aromatic nitrogens is 3. The molecule has 1 N–H and O–H groups in total. The molecule has 2 aromatic carbocycles. The Labute approximate surface area is 311 Å². The molecule has 2 aliphatic rings. The lowest BCUT2D eigenvalue weighted by Gasteiger charge is -2.22. The third-order valence-electron chi connectivity index (χ3n) is 8.22. The van der Waals surface area contributed by atoms with E-state index < -0.39 is 47.1 Å². The highest BCUT2D eigenvalue weighted by Crippen LogP contribution is 2.38. The summed E-state index contributed by atoms with van der Waals surface area (Å²) in [5.41, 5.74) is 0.706. The molecule has 0 spiro atoms. The van der Waals surface area contributed by atoms with Gasteiger partial charge in [0.25, 0.3) is 11.8 Å².